The number of piperazine rings is 1. The summed E-state index contributed by atoms with van der Waals surface area (Å²) in [6, 6.07) is 7.75. The Balaban J connectivity index is 1.96. The van der Waals surface area contributed by atoms with Crippen LogP contribution in [0.5, 0.6) is 0 Å². The van der Waals surface area contributed by atoms with Gasteiger partial charge in [-0.25, -0.2) is 0 Å². The molecule has 1 aliphatic heterocycles. The molecule has 0 spiro atoms. The fraction of sp³-hybridized carbons (Fsp3) is 0.619. The molecule has 0 saturated carbocycles. The first-order valence-electron chi connectivity index (χ1n) is 9.90. The van der Waals surface area contributed by atoms with Crippen molar-refractivity contribution in [3.8, 4) is 0 Å². The standard InChI is InChI=1S/C21H34N4O2/c1-16(2)14-25(15-17(3)4)21(27)20(26)22-18-6-8-19(9-7-18)24-12-10-23(5)11-13-24/h6-9,16-17H,10-15H2,1-5H3,(H,22,26). The molecule has 2 amide bonds. The molecule has 1 saturated heterocycles. The number of carbonyl (C=O) groups excluding carboxylic acids is 2. The minimum absolute atomic E-state index is 0.323. The molecular weight excluding hydrogens is 340 g/mol. The van der Waals surface area contributed by atoms with Gasteiger partial charge in [0, 0.05) is 50.6 Å². The molecule has 6 heteroatoms. The van der Waals surface area contributed by atoms with Crippen LogP contribution in [0.4, 0.5) is 11.4 Å². The van der Waals surface area contributed by atoms with E-state index in [1.807, 2.05) is 24.3 Å². The van der Waals surface area contributed by atoms with E-state index in [1.54, 1.807) is 4.90 Å². The maximum absolute atomic E-state index is 12.6. The normalized spacial score (nSPS) is 15.3. The maximum atomic E-state index is 12.6. The van der Waals surface area contributed by atoms with Crippen LogP contribution in [0.15, 0.2) is 24.3 Å². The maximum Gasteiger partial charge on any atom is 0.313 e. The molecule has 0 radical (unpaired) electrons. The van der Waals surface area contributed by atoms with Gasteiger partial charge >= 0.3 is 11.8 Å². The third kappa shape index (κ3) is 6.54. The number of rotatable bonds is 6. The van der Waals surface area contributed by atoms with E-state index in [-0.39, 0.29) is 0 Å². The van der Waals surface area contributed by atoms with Gasteiger partial charge in [0.2, 0.25) is 0 Å². The van der Waals surface area contributed by atoms with Crippen molar-refractivity contribution in [1.82, 2.24) is 9.80 Å². The highest BCUT2D eigenvalue weighted by atomic mass is 16.2. The van der Waals surface area contributed by atoms with Gasteiger partial charge in [-0.1, -0.05) is 27.7 Å². The Kier molecular flexibility index (Phi) is 7.66. The van der Waals surface area contributed by atoms with E-state index in [1.165, 1.54) is 0 Å². The van der Waals surface area contributed by atoms with Crippen molar-refractivity contribution in [2.24, 2.45) is 11.8 Å². The van der Waals surface area contributed by atoms with Crippen molar-refractivity contribution in [2.45, 2.75) is 27.7 Å². The summed E-state index contributed by atoms with van der Waals surface area (Å²) in [6.07, 6.45) is 0. The Morgan fingerprint density at radius 3 is 1.96 bits per heavy atom. The number of benzene rings is 1. The van der Waals surface area contributed by atoms with Crippen molar-refractivity contribution in [3.05, 3.63) is 24.3 Å². The summed E-state index contributed by atoms with van der Waals surface area (Å²) in [6.45, 7) is 13.5. The molecule has 1 aromatic carbocycles. The number of nitrogens with zero attached hydrogens (tertiary/aromatic N) is 3. The van der Waals surface area contributed by atoms with Crippen LogP contribution in [-0.2, 0) is 9.59 Å². The van der Waals surface area contributed by atoms with Crippen LogP contribution in [0.1, 0.15) is 27.7 Å². The lowest BCUT2D eigenvalue weighted by Crippen LogP contribution is -2.44. The summed E-state index contributed by atoms with van der Waals surface area (Å²) in [5.74, 6) is -0.379. The average Bonchev–Trinajstić information content (AvgIpc) is 2.61. The average molecular weight is 375 g/mol. The highest BCUT2D eigenvalue weighted by Crippen LogP contribution is 2.19. The van der Waals surface area contributed by atoms with Gasteiger partial charge < -0.3 is 20.0 Å². The molecule has 1 N–H and O–H groups in total. The molecule has 1 aromatic rings. The van der Waals surface area contributed by atoms with E-state index in [0.29, 0.717) is 30.6 Å². The molecule has 1 heterocycles. The minimum atomic E-state index is -0.566. The lowest BCUT2D eigenvalue weighted by Gasteiger charge is -2.34. The van der Waals surface area contributed by atoms with Crippen LogP contribution in [0.3, 0.4) is 0 Å². The lowest BCUT2D eigenvalue weighted by atomic mass is 10.1. The molecular formula is C21H34N4O2. The van der Waals surface area contributed by atoms with Crippen molar-refractivity contribution in [1.29, 1.82) is 0 Å². The van der Waals surface area contributed by atoms with Crippen LogP contribution in [0.2, 0.25) is 0 Å². The fourth-order valence-electron chi connectivity index (χ4n) is 3.27. The van der Waals surface area contributed by atoms with Gasteiger partial charge in [-0.3, -0.25) is 9.59 Å². The first-order valence-corrected chi connectivity index (χ1v) is 9.90. The minimum Gasteiger partial charge on any atom is -0.369 e. The number of hydrogen-bond donors (Lipinski definition) is 1. The van der Waals surface area contributed by atoms with Crippen molar-refractivity contribution in [3.63, 3.8) is 0 Å². The zero-order valence-corrected chi connectivity index (χ0v) is 17.4. The van der Waals surface area contributed by atoms with Crippen molar-refractivity contribution >= 4 is 23.2 Å². The molecule has 150 valence electrons. The number of nitrogens with one attached hydrogen (secondary N) is 1. The quantitative estimate of drug-likeness (QED) is 0.778. The Morgan fingerprint density at radius 2 is 1.48 bits per heavy atom. The van der Waals surface area contributed by atoms with Crippen LogP contribution >= 0.6 is 0 Å². The van der Waals surface area contributed by atoms with E-state index in [9.17, 15) is 9.59 Å². The Labute approximate surface area is 163 Å². The Hall–Kier alpha value is -2.08. The molecule has 27 heavy (non-hydrogen) atoms. The molecule has 6 nitrogen and oxygen atoms in total. The largest absolute Gasteiger partial charge is 0.369 e. The van der Waals surface area contributed by atoms with Gasteiger partial charge in [0.25, 0.3) is 0 Å². The van der Waals surface area contributed by atoms with E-state index < -0.39 is 11.8 Å². The fourth-order valence-corrected chi connectivity index (χ4v) is 3.27. The lowest BCUT2D eigenvalue weighted by molar-refractivity contribution is -0.143. The summed E-state index contributed by atoms with van der Waals surface area (Å²) in [4.78, 5) is 31.3. The molecule has 0 aliphatic carbocycles. The molecule has 2 rings (SSSR count). The van der Waals surface area contributed by atoms with Gasteiger partial charge in [0.15, 0.2) is 0 Å². The van der Waals surface area contributed by atoms with Gasteiger partial charge in [-0.2, -0.15) is 0 Å². The second kappa shape index (κ2) is 9.74. The zero-order chi connectivity index (χ0) is 20.0. The van der Waals surface area contributed by atoms with Crippen LogP contribution in [-0.4, -0.2) is 67.9 Å². The Morgan fingerprint density at radius 1 is 0.963 bits per heavy atom. The van der Waals surface area contributed by atoms with E-state index in [2.05, 4.69) is 49.9 Å². The molecule has 0 aromatic heterocycles. The Bertz CT molecular complexity index is 610. The smallest absolute Gasteiger partial charge is 0.313 e. The summed E-state index contributed by atoms with van der Waals surface area (Å²) < 4.78 is 0. The monoisotopic (exact) mass is 374 g/mol. The van der Waals surface area contributed by atoms with E-state index in [4.69, 9.17) is 0 Å². The van der Waals surface area contributed by atoms with Crippen LogP contribution in [0.25, 0.3) is 0 Å². The first kappa shape index (κ1) is 21.2. The third-order valence-corrected chi connectivity index (χ3v) is 4.65. The molecule has 1 aliphatic rings. The molecule has 0 unspecified atom stereocenters. The molecule has 0 bridgehead atoms. The number of anilines is 2. The van der Waals surface area contributed by atoms with Gasteiger partial charge in [0.1, 0.15) is 0 Å². The van der Waals surface area contributed by atoms with Crippen LogP contribution in [0, 0.1) is 11.8 Å². The SMILES string of the molecule is CC(C)CN(CC(C)C)C(=O)C(=O)Nc1ccc(N2CCN(C)CC2)cc1. The topological polar surface area (TPSA) is 55.9 Å². The first-order chi connectivity index (χ1) is 12.8. The summed E-state index contributed by atoms with van der Waals surface area (Å²) >= 11 is 0. The van der Waals surface area contributed by atoms with Gasteiger partial charge in [0.05, 0.1) is 0 Å². The number of carbonyl (C=O) groups is 2. The highest BCUT2D eigenvalue weighted by molar-refractivity contribution is 6.39. The zero-order valence-electron chi connectivity index (χ0n) is 17.4. The summed E-state index contributed by atoms with van der Waals surface area (Å²) in [5, 5.41) is 2.75. The highest BCUT2D eigenvalue weighted by Gasteiger charge is 2.23. The second-order valence-electron chi connectivity index (χ2n) is 8.29. The number of hydrogen-bond acceptors (Lipinski definition) is 4. The number of likely N-dealkylation sites (N-methyl/N-ethyl adjacent to an activating group) is 1. The number of amides is 2. The predicted octanol–water partition coefficient (Wildman–Crippen LogP) is 2.52. The summed E-state index contributed by atoms with van der Waals surface area (Å²) in [7, 11) is 2.13. The van der Waals surface area contributed by atoms with Gasteiger partial charge in [-0.15, -0.1) is 0 Å². The predicted molar refractivity (Wildman–Crippen MR) is 111 cm³/mol. The summed E-state index contributed by atoms with van der Waals surface area (Å²) in [5.41, 5.74) is 1.80. The molecule has 0 atom stereocenters. The van der Waals surface area contributed by atoms with E-state index >= 15 is 0 Å². The molecule has 1 fully saturated rings. The van der Waals surface area contributed by atoms with E-state index in [0.717, 1.165) is 31.9 Å². The van der Waals surface area contributed by atoms with Gasteiger partial charge in [-0.05, 0) is 43.1 Å². The third-order valence-electron chi connectivity index (χ3n) is 4.65. The second-order valence-corrected chi connectivity index (χ2v) is 8.29. The van der Waals surface area contributed by atoms with Crippen molar-refractivity contribution < 1.29 is 9.59 Å². The van der Waals surface area contributed by atoms with Crippen LogP contribution < -0.4 is 10.2 Å². The van der Waals surface area contributed by atoms with Crippen molar-refractivity contribution in [2.75, 3.05) is 56.5 Å².